The minimum absolute atomic E-state index is 0.0107. The lowest BCUT2D eigenvalue weighted by Gasteiger charge is -2.22. The van der Waals surface area contributed by atoms with Gasteiger partial charge in [-0.1, -0.05) is 12.1 Å². The number of hydrogen-bond donors (Lipinski definition) is 2. The largest absolute Gasteiger partial charge is 0.325 e. The third-order valence-corrected chi connectivity index (χ3v) is 7.53. The molecule has 34 heavy (non-hydrogen) atoms. The number of anilines is 3. The van der Waals surface area contributed by atoms with E-state index in [4.69, 9.17) is 0 Å². The number of amides is 1. The first-order valence-corrected chi connectivity index (χ1v) is 13.4. The third-order valence-electron chi connectivity index (χ3n) is 4.99. The number of carbonyl (C=O) groups is 1. The maximum Gasteiger partial charge on any atom is 0.261 e. The molecule has 0 spiro atoms. The Balaban J connectivity index is 1.71. The first-order chi connectivity index (χ1) is 15.8. The smallest absolute Gasteiger partial charge is 0.261 e. The summed E-state index contributed by atoms with van der Waals surface area (Å²) in [7, 11) is -7.72. The van der Waals surface area contributed by atoms with Crippen LogP contribution in [0.3, 0.4) is 0 Å². The number of nitrogens with one attached hydrogen (secondary N) is 2. The highest BCUT2D eigenvalue weighted by atomic mass is 32.2. The van der Waals surface area contributed by atoms with Gasteiger partial charge in [0.25, 0.3) is 10.0 Å². The van der Waals surface area contributed by atoms with Crippen molar-refractivity contribution in [1.29, 1.82) is 0 Å². The van der Waals surface area contributed by atoms with Crippen molar-refractivity contribution in [1.82, 2.24) is 0 Å². The van der Waals surface area contributed by atoms with Gasteiger partial charge in [0.15, 0.2) is 0 Å². The Bertz CT molecular complexity index is 1420. The SMILES string of the molecule is Cc1ccc(NS(=O)(=O)c2ccc(NC(=O)CN(c3cccc(F)c3)S(C)(=O)=O)cc2)cc1C. The number of carbonyl (C=O) groups excluding carboxylic acids is 1. The van der Waals surface area contributed by atoms with Crippen LogP contribution < -0.4 is 14.3 Å². The molecule has 180 valence electrons. The Hall–Kier alpha value is -3.44. The number of nitrogens with zero attached hydrogens (tertiary/aromatic N) is 1. The average Bonchev–Trinajstić information content (AvgIpc) is 2.74. The second-order valence-corrected chi connectivity index (χ2v) is 11.3. The summed E-state index contributed by atoms with van der Waals surface area (Å²) in [6.07, 6.45) is 0.910. The molecule has 0 saturated heterocycles. The fraction of sp³-hybridized carbons (Fsp3) is 0.174. The minimum Gasteiger partial charge on any atom is -0.325 e. The number of hydrogen-bond acceptors (Lipinski definition) is 5. The number of aryl methyl sites for hydroxylation is 2. The van der Waals surface area contributed by atoms with E-state index in [1.54, 1.807) is 12.1 Å². The van der Waals surface area contributed by atoms with Gasteiger partial charge in [-0.25, -0.2) is 21.2 Å². The first-order valence-electron chi connectivity index (χ1n) is 10.1. The molecule has 0 aliphatic carbocycles. The molecule has 3 rings (SSSR count). The quantitative estimate of drug-likeness (QED) is 0.485. The van der Waals surface area contributed by atoms with Crippen LogP contribution in [0.5, 0.6) is 0 Å². The molecule has 2 N–H and O–H groups in total. The summed E-state index contributed by atoms with van der Waals surface area (Å²) < 4.78 is 66.4. The molecule has 0 unspecified atom stereocenters. The number of halogens is 1. The molecule has 3 aromatic rings. The normalized spacial score (nSPS) is 11.6. The topological polar surface area (TPSA) is 113 Å². The molecule has 0 radical (unpaired) electrons. The summed E-state index contributed by atoms with van der Waals surface area (Å²) in [5, 5.41) is 2.52. The van der Waals surface area contributed by atoms with Crippen LogP contribution in [-0.2, 0) is 24.8 Å². The molecule has 1 amide bonds. The van der Waals surface area contributed by atoms with Crippen LogP contribution in [-0.4, -0.2) is 35.5 Å². The van der Waals surface area contributed by atoms with Crippen molar-refractivity contribution in [2.45, 2.75) is 18.7 Å². The summed E-state index contributed by atoms with van der Waals surface area (Å²) in [5.41, 5.74) is 2.69. The second kappa shape index (κ2) is 9.82. The van der Waals surface area contributed by atoms with Crippen molar-refractivity contribution in [2.24, 2.45) is 0 Å². The molecule has 0 atom stereocenters. The average molecular weight is 506 g/mol. The minimum atomic E-state index is -3.87. The summed E-state index contributed by atoms with van der Waals surface area (Å²) >= 11 is 0. The number of sulfonamides is 2. The summed E-state index contributed by atoms with van der Waals surface area (Å²) in [6, 6.07) is 15.5. The monoisotopic (exact) mass is 505 g/mol. The zero-order chi connectivity index (χ0) is 25.1. The number of rotatable bonds is 8. The van der Waals surface area contributed by atoms with Gasteiger partial charge in [-0.15, -0.1) is 0 Å². The van der Waals surface area contributed by atoms with Crippen LogP contribution in [0.25, 0.3) is 0 Å². The molecule has 0 aromatic heterocycles. The molecule has 11 heteroatoms. The Morgan fingerprint density at radius 2 is 1.53 bits per heavy atom. The van der Waals surface area contributed by atoms with Crippen molar-refractivity contribution in [3.63, 3.8) is 0 Å². The maximum atomic E-state index is 13.5. The molecule has 0 aliphatic heterocycles. The van der Waals surface area contributed by atoms with E-state index >= 15 is 0 Å². The van der Waals surface area contributed by atoms with E-state index in [-0.39, 0.29) is 16.3 Å². The van der Waals surface area contributed by atoms with E-state index in [1.165, 1.54) is 36.4 Å². The van der Waals surface area contributed by atoms with Crippen LogP contribution in [0.1, 0.15) is 11.1 Å². The van der Waals surface area contributed by atoms with Gasteiger partial charge in [0.05, 0.1) is 16.8 Å². The fourth-order valence-electron chi connectivity index (χ4n) is 3.10. The molecule has 8 nitrogen and oxygen atoms in total. The van der Waals surface area contributed by atoms with Gasteiger partial charge in [-0.3, -0.25) is 13.8 Å². The van der Waals surface area contributed by atoms with Gasteiger partial charge in [-0.05, 0) is 79.6 Å². The lowest BCUT2D eigenvalue weighted by Crippen LogP contribution is -2.37. The van der Waals surface area contributed by atoms with E-state index in [9.17, 15) is 26.0 Å². The molecular weight excluding hydrogens is 481 g/mol. The molecular formula is C23H24FN3O5S2. The molecule has 0 saturated carbocycles. The van der Waals surface area contributed by atoms with Gasteiger partial charge in [0.1, 0.15) is 12.4 Å². The predicted octanol–water partition coefficient (Wildman–Crippen LogP) is 3.65. The Labute approximate surface area is 198 Å². The lowest BCUT2D eigenvalue weighted by molar-refractivity contribution is -0.114. The number of benzene rings is 3. The highest BCUT2D eigenvalue weighted by Crippen LogP contribution is 2.21. The van der Waals surface area contributed by atoms with Crippen LogP contribution in [0.4, 0.5) is 21.5 Å². The maximum absolute atomic E-state index is 13.5. The van der Waals surface area contributed by atoms with Gasteiger partial charge in [0, 0.05) is 11.4 Å². The van der Waals surface area contributed by atoms with E-state index < -0.39 is 38.3 Å². The van der Waals surface area contributed by atoms with E-state index in [2.05, 4.69) is 10.0 Å². The fourth-order valence-corrected chi connectivity index (χ4v) is 5.00. The third kappa shape index (κ3) is 6.33. The van der Waals surface area contributed by atoms with Gasteiger partial charge in [-0.2, -0.15) is 0 Å². The van der Waals surface area contributed by atoms with Crippen molar-refractivity contribution in [2.75, 3.05) is 27.1 Å². The zero-order valence-electron chi connectivity index (χ0n) is 18.7. The van der Waals surface area contributed by atoms with Crippen molar-refractivity contribution >= 4 is 43.0 Å². The predicted molar refractivity (Wildman–Crippen MR) is 130 cm³/mol. The molecule has 3 aromatic carbocycles. The van der Waals surface area contributed by atoms with Crippen molar-refractivity contribution in [3.05, 3.63) is 83.7 Å². The second-order valence-electron chi connectivity index (χ2n) is 7.73. The van der Waals surface area contributed by atoms with Crippen LogP contribution in [0, 0.1) is 19.7 Å². The first kappa shape index (κ1) is 25.2. The van der Waals surface area contributed by atoms with Crippen LogP contribution in [0.2, 0.25) is 0 Å². The van der Waals surface area contributed by atoms with Gasteiger partial charge < -0.3 is 5.32 Å². The lowest BCUT2D eigenvalue weighted by atomic mass is 10.1. The molecule has 0 bridgehead atoms. The van der Waals surface area contributed by atoms with E-state index in [1.807, 2.05) is 19.9 Å². The Morgan fingerprint density at radius 3 is 2.12 bits per heavy atom. The molecule has 0 heterocycles. The summed E-state index contributed by atoms with van der Waals surface area (Å²) in [6.45, 7) is 3.22. The van der Waals surface area contributed by atoms with Gasteiger partial charge in [0.2, 0.25) is 15.9 Å². The highest BCUT2D eigenvalue weighted by Gasteiger charge is 2.21. The van der Waals surface area contributed by atoms with E-state index in [0.717, 1.165) is 33.8 Å². The van der Waals surface area contributed by atoms with Crippen molar-refractivity contribution in [3.8, 4) is 0 Å². The molecule has 0 aliphatic rings. The Morgan fingerprint density at radius 1 is 0.882 bits per heavy atom. The van der Waals surface area contributed by atoms with Crippen molar-refractivity contribution < 1.29 is 26.0 Å². The summed E-state index contributed by atoms with van der Waals surface area (Å²) in [4.78, 5) is 12.5. The molecule has 0 fully saturated rings. The highest BCUT2D eigenvalue weighted by molar-refractivity contribution is 7.92. The van der Waals surface area contributed by atoms with E-state index in [0.29, 0.717) is 5.69 Å². The van der Waals surface area contributed by atoms with Crippen LogP contribution in [0.15, 0.2) is 71.6 Å². The van der Waals surface area contributed by atoms with Gasteiger partial charge >= 0.3 is 0 Å². The Kier molecular flexibility index (Phi) is 7.27. The zero-order valence-corrected chi connectivity index (χ0v) is 20.4. The van der Waals surface area contributed by atoms with Crippen LogP contribution >= 0.6 is 0 Å². The standard InChI is InChI=1S/C23H24FN3O5S2/c1-16-7-8-20(13-17(16)2)26-34(31,32)22-11-9-19(10-12-22)25-23(28)15-27(33(3,29)30)21-6-4-5-18(24)14-21/h4-14,26H,15H2,1-3H3,(H,25,28). The summed E-state index contributed by atoms with van der Waals surface area (Å²) in [5.74, 6) is -1.32.